The van der Waals surface area contributed by atoms with E-state index in [0.29, 0.717) is 0 Å². The minimum Gasteiger partial charge on any atom is -0.493 e. The Labute approximate surface area is 132 Å². The summed E-state index contributed by atoms with van der Waals surface area (Å²) in [6.07, 6.45) is 0.848. The Hall–Kier alpha value is -1.19. The summed E-state index contributed by atoms with van der Waals surface area (Å²) in [5.74, 6) is 1.49. The lowest BCUT2D eigenvalue weighted by Crippen LogP contribution is -1.97. The van der Waals surface area contributed by atoms with E-state index in [1.807, 2.05) is 36.4 Å². The van der Waals surface area contributed by atoms with E-state index >= 15 is 0 Å². The maximum atomic E-state index is 6.02. The molecule has 1 unspecified atom stereocenters. The van der Waals surface area contributed by atoms with Gasteiger partial charge >= 0.3 is 0 Å². The third-order valence-corrected chi connectivity index (χ3v) is 4.16. The van der Waals surface area contributed by atoms with Crippen molar-refractivity contribution in [3.8, 4) is 11.5 Å². The zero-order valence-electron chi connectivity index (χ0n) is 11.4. The molecule has 0 aliphatic carbocycles. The zero-order valence-corrected chi connectivity index (χ0v) is 13.7. The van der Waals surface area contributed by atoms with E-state index in [1.54, 1.807) is 14.2 Å². The van der Waals surface area contributed by atoms with E-state index < -0.39 is 0 Å². The Bertz CT molecular complexity index is 586. The Morgan fingerprint density at radius 3 is 2.45 bits per heavy atom. The topological polar surface area (TPSA) is 18.5 Å². The number of hydrogen-bond donors (Lipinski definition) is 0. The van der Waals surface area contributed by atoms with Crippen LogP contribution in [0.1, 0.15) is 16.0 Å². The van der Waals surface area contributed by atoms with Crippen molar-refractivity contribution in [2.45, 2.75) is 11.2 Å². The number of halogens is 2. The van der Waals surface area contributed by atoms with Crippen LogP contribution in [0.4, 0.5) is 0 Å². The average molecular weight is 356 g/mol. The van der Waals surface area contributed by atoms with Gasteiger partial charge < -0.3 is 9.47 Å². The van der Waals surface area contributed by atoms with Crippen molar-refractivity contribution in [2.75, 3.05) is 14.2 Å². The molecule has 2 aromatic carbocycles. The molecule has 0 aliphatic rings. The second-order valence-corrected chi connectivity index (χ2v) is 5.96. The molecule has 0 spiro atoms. The first-order valence-electron chi connectivity index (χ1n) is 6.24. The van der Waals surface area contributed by atoms with E-state index in [9.17, 15) is 0 Å². The molecule has 106 valence electrons. The molecule has 2 nitrogen and oxygen atoms in total. The van der Waals surface area contributed by atoms with Gasteiger partial charge in [-0.2, -0.15) is 0 Å². The summed E-state index contributed by atoms with van der Waals surface area (Å²) in [6.45, 7) is 0. The van der Waals surface area contributed by atoms with Crippen LogP contribution in [0.5, 0.6) is 11.5 Å². The Morgan fingerprint density at radius 2 is 1.80 bits per heavy atom. The summed E-state index contributed by atoms with van der Waals surface area (Å²) in [4.78, 5) is 0.208. The van der Waals surface area contributed by atoms with Gasteiger partial charge in [0.2, 0.25) is 0 Å². The number of alkyl halides is 1. The smallest absolute Gasteiger partial charge is 0.160 e. The van der Waals surface area contributed by atoms with Gasteiger partial charge in [0.05, 0.1) is 14.2 Å². The molecule has 1 atom stereocenters. The SMILES string of the molecule is COc1ccc(CC(Br)c2cccc(Cl)c2)cc1OC. The first-order valence-corrected chi connectivity index (χ1v) is 7.54. The molecule has 0 amide bonds. The quantitative estimate of drug-likeness (QED) is 0.700. The van der Waals surface area contributed by atoms with Gasteiger partial charge in [-0.1, -0.05) is 45.7 Å². The lowest BCUT2D eigenvalue weighted by Gasteiger charge is -2.13. The largest absolute Gasteiger partial charge is 0.493 e. The highest BCUT2D eigenvalue weighted by Crippen LogP contribution is 2.32. The van der Waals surface area contributed by atoms with Crippen LogP contribution in [0.3, 0.4) is 0 Å². The third-order valence-electron chi connectivity index (χ3n) is 3.07. The molecule has 0 heterocycles. The standard InChI is InChI=1S/C16H16BrClO2/c1-19-15-7-6-11(9-16(15)20-2)8-14(17)12-4-3-5-13(18)10-12/h3-7,9-10,14H,8H2,1-2H3. The second kappa shape index (κ2) is 7.00. The van der Waals surface area contributed by atoms with Crippen molar-refractivity contribution in [1.82, 2.24) is 0 Å². The minimum absolute atomic E-state index is 0.208. The molecule has 4 heteroatoms. The molecule has 0 N–H and O–H groups in total. The van der Waals surface area contributed by atoms with Gasteiger partial charge in [-0.15, -0.1) is 0 Å². The molecule has 0 saturated heterocycles. The van der Waals surface area contributed by atoms with Gasteiger partial charge in [0.25, 0.3) is 0 Å². The first kappa shape index (κ1) is 15.2. The van der Waals surface area contributed by atoms with Crippen LogP contribution in [-0.2, 0) is 6.42 Å². The maximum absolute atomic E-state index is 6.02. The van der Waals surface area contributed by atoms with Crippen LogP contribution in [0.2, 0.25) is 5.02 Å². The van der Waals surface area contributed by atoms with Gasteiger partial charge in [-0.3, -0.25) is 0 Å². The summed E-state index contributed by atoms with van der Waals surface area (Å²) < 4.78 is 10.6. The molecule has 20 heavy (non-hydrogen) atoms. The van der Waals surface area contributed by atoms with Crippen LogP contribution in [0.25, 0.3) is 0 Å². The summed E-state index contributed by atoms with van der Waals surface area (Å²) in [6, 6.07) is 13.8. The predicted molar refractivity (Wildman–Crippen MR) is 86.4 cm³/mol. The highest BCUT2D eigenvalue weighted by Gasteiger charge is 2.11. The van der Waals surface area contributed by atoms with E-state index in [2.05, 4.69) is 22.0 Å². The maximum Gasteiger partial charge on any atom is 0.160 e. The molecule has 2 rings (SSSR count). The number of methoxy groups -OCH3 is 2. The number of benzene rings is 2. The van der Waals surface area contributed by atoms with Gasteiger partial charge in [-0.25, -0.2) is 0 Å². The van der Waals surface area contributed by atoms with E-state index in [0.717, 1.165) is 28.5 Å². The van der Waals surface area contributed by atoms with Crippen LogP contribution in [0, 0.1) is 0 Å². The van der Waals surface area contributed by atoms with Gasteiger partial charge in [0.15, 0.2) is 11.5 Å². The molecular weight excluding hydrogens is 340 g/mol. The Balaban J connectivity index is 2.17. The number of rotatable bonds is 5. The monoisotopic (exact) mass is 354 g/mol. The Morgan fingerprint density at radius 1 is 1.05 bits per heavy atom. The van der Waals surface area contributed by atoms with Crippen LogP contribution in [0.15, 0.2) is 42.5 Å². The van der Waals surface area contributed by atoms with Crippen molar-refractivity contribution < 1.29 is 9.47 Å². The highest BCUT2D eigenvalue weighted by atomic mass is 79.9. The van der Waals surface area contributed by atoms with Crippen molar-refractivity contribution in [2.24, 2.45) is 0 Å². The summed E-state index contributed by atoms with van der Waals surface area (Å²) in [5.41, 5.74) is 2.33. The van der Waals surface area contributed by atoms with E-state index in [4.69, 9.17) is 21.1 Å². The molecule has 0 aromatic heterocycles. The highest BCUT2D eigenvalue weighted by molar-refractivity contribution is 9.09. The van der Waals surface area contributed by atoms with Gasteiger partial charge in [0, 0.05) is 9.85 Å². The fourth-order valence-electron chi connectivity index (χ4n) is 2.03. The lowest BCUT2D eigenvalue weighted by atomic mass is 10.0. The minimum atomic E-state index is 0.208. The number of hydrogen-bond acceptors (Lipinski definition) is 2. The third kappa shape index (κ3) is 3.68. The molecule has 0 fully saturated rings. The fourth-order valence-corrected chi connectivity index (χ4v) is 2.89. The fraction of sp³-hybridized carbons (Fsp3) is 0.250. The van der Waals surface area contributed by atoms with E-state index in [1.165, 1.54) is 5.56 Å². The average Bonchev–Trinajstić information content (AvgIpc) is 2.47. The predicted octanol–water partition coefficient (Wildman–Crippen LogP) is 5.04. The van der Waals surface area contributed by atoms with E-state index in [-0.39, 0.29) is 4.83 Å². The van der Waals surface area contributed by atoms with Crippen molar-refractivity contribution in [3.63, 3.8) is 0 Å². The number of ether oxygens (including phenoxy) is 2. The van der Waals surface area contributed by atoms with Crippen LogP contribution >= 0.6 is 27.5 Å². The van der Waals surface area contributed by atoms with Crippen LogP contribution in [-0.4, -0.2) is 14.2 Å². The second-order valence-electron chi connectivity index (χ2n) is 4.42. The molecule has 0 saturated carbocycles. The van der Waals surface area contributed by atoms with Crippen LogP contribution < -0.4 is 9.47 Å². The van der Waals surface area contributed by atoms with Crippen molar-refractivity contribution in [1.29, 1.82) is 0 Å². The first-order chi connectivity index (χ1) is 9.63. The van der Waals surface area contributed by atoms with Crippen molar-refractivity contribution in [3.05, 3.63) is 58.6 Å². The van der Waals surface area contributed by atoms with Gasteiger partial charge in [-0.05, 0) is 41.8 Å². The normalized spacial score (nSPS) is 12.0. The molecule has 2 aromatic rings. The Kier molecular flexibility index (Phi) is 5.32. The summed E-state index contributed by atoms with van der Waals surface area (Å²) in [5, 5.41) is 0.749. The van der Waals surface area contributed by atoms with Gasteiger partial charge in [0.1, 0.15) is 0 Å². The molecule has 0 bridgehead atoms. The summed E-state index contributed by atoms with van der Waals surface area (Å²) >= 11 is 9.73. The summed E-state index contributed by atoms with van der Waals surface area (Å²) in [7, 11) is 3.28. The molecule has 0 aliphatic heterocycles. The lowest BCUT2D eigenvalue weighted by molar-refractivity contribution is 0.354. The molecule has 0 radical (unpaired) electrons. The zero-order chi connectivity index (χ0) is 14.5. The molecular formula is C16H16BrClO2. The van der Waals surface area contributed by atoms with Crippen molar-refractivity contribution >= 4 is 27.5 Å².